The average Bonchev–Trinajstić information content (AvgIpc) is 3.27. The summed E-state index contributed by atoms with van der Waals surface area (Å²) in [5.41, 5.74) is 1.90. The van der Waals surface area contributed by atoms with Crippen LogP contribution in [0.25, 0.3) is 22.7 Å². The minimum absolute atomic E-state index is 0.103. The van der Waals surface area contributed by atoms with Crippen LogP contribution in [0.2, 0.25) is 0 Å². The zero-order valence-electron chi connectivity index (χ0n) is 15.6. The molecule has 4 heterocycles. The largest absolute Gasteiger partial charge is 0.507 e. The lowest BCUT2D eigenvalue weighted by Gasteiger charge is -2.28. The van der Waals surface area contributed by atoms with E-state index in [9.17, 15) is 5.11 Å². The number of oxazole rings is 1. The Morgan fingerprint density at radius 2 is 1.93 bits per heavy atom. The topological polar surface area (TPSA) is 93.3 Å². The first-order valence-corrected chi connectivity index (χ1v) is 9.66. The Kier molecular flexibility index (Phi) is 4.24. The van der Waals surface area contributed by atoms with Crippen molar-refractivity contribution in [2.45, 2.75) is 50.8 Å². The molecule has 0 radical (unpaired) electrons. The molecule has 0 saturated carbocycles. The van der Waals surface area contributed by atoms with Crippen molar-refractivity contribution in [1.82, 2.24) is 20.5 Å². The lowest BCUT2D eigenvalue weighted by molar-refractivity contribution is 0.130. The zero-order chi connectivity index (χ0) is 19.1. The highest BCUT2D eigenvalue weighted by Crippen LogP contribution is 2.33. The molecule has 2 aliphatic heterocycles. The quantitative estimate of drug-likeness (QED) is 0.718. The molecule has 28 heavy (non-hydrogen) atoms. The number of phenols is 1. The minimum Gasteiger partial charge on any atom is -0.507 e. The van der Waals surface area contributed by atoms with E-state index in [1.807, 2.05) is 25.1 Å². The summed E-state index contributed by atoms with van der Waals surface area (Å²) in [7, 11) is 0. The van der Waals surface area contributed by atoms with Gasteiger partial charge < -0.3 is 19.6 Å². The number of benzene rings is 1. The van der Waals surface area contributed by atoms with Crippen molar-refractivity contribution in [1.29, 1.82) is 0 Å². The zero-order valence-corrected chi connectivity index (χ0v) is 15.6. The number of fused-ring (bicyclic) bond motifs is 2. The number of piperidine rings is 1. The van der Waals surface area contributed by atoms with E-state index < -0.39 is 0 Å². The molecule has 1 aromatic carbocycles. The highest BCUT2D eigenvalue weighted by atomic mass is 16.5. The second-order valence-electron chi connectivity index (χ2n) is 7.61. The summed E-state index contributed by atoms with van der Waals surface area (Å²) in [5.74, 6) is 1.83. The normalized spacial score (nSPS) is 23.7. The van der Waals surface area contributed by atoms with E-state index in [1.165, 1.54) is 12.8 Å². The summed E-state index contributed by atoms with van der Waals surface area (Å²) in [6, 6.07) is 10.0. The fourth-order valence-electron chi connectivity index (χ4n) is 4.17. The molecular weight excluding hydrogens is 356 g/mol. The molecule has 2 fully saturated rings. The van der Waals surface area contributed by atoms with Crippen LogP contribution in [-0.4, -0.2) is 38.5 Å². The van der Waals surface area contributed by atoms with Crippen LogP contribution < -0.4 is 10.1 Å². The summed E-state index contributed by atoms with van der Waals surface area (Å²) in [6.07, 6.45) is 6.34. The highest BCUT2D eigenvalue weighted by Gasteiger charge is 2.34. The van der Waals surface area contributed by atoms with Crippen LogP contribution >= 0.6 is 0 Å². The van der Waals surface area contributed by atoms with Crippen molar-refractivity contribution in [3.8, 4) is 34.3 Å². The van der Waals surface area contributed by atoms with Crippen LogP contribution in [0.5, 0.6) is 11.6 Å². The Balaban J connectivity index is 1.31. The smallest absolute Gasteiger partial charge is 0.233 e. The molecule has 3 aromatic rings. The van der Waals surface area contributed by atoms with Gasteiger partial charge in [0.2, 0.25) is 11.8 Å². The second-order valence-corrected chi connectivity index (χ2v) is 7.61. The van der Waals surface area contributed by atoms with Crippen molar-refractivity contribution in [3.05, 3.63) is 42.3 Å². The van der Waals surface area contributed by atoms with Gasteiger partial charge in [-0.05, 0) is 56.9 Å². The average molecular weight is 378 g/mol. The predicted octanol–water partition coefficient (Wildman–Crippen LogP) is 3.47. The Bertz CT molecular complexity index is 974. The third-order valence-corrected chi connectivity index (χ3v) is 5.50. The number of nitrogens with zero attached hydrogens (tertiary/aromatic N) is 3. The number of phenolic OH excluding ortho intramolecular Hbond substituents is 1. The van der Waals surface area contributed by atoms with Crippen LogP contribution in [0.1, 0.15) is 31.4 Å². The molecule has 2 aromatic heterocycles. The van der Waals surface area contributed by atoms with Crippen LogP contribution in [0, 0.1) is 6.92 Å². The Morgan fingerprint density at radius 1 is 1.11 bits per heavy atom. The Morgan fingerprint density at radius 3 is 2.57 bits per heavy atom. The van der Waals surface area contributed by atoms with E-state index in [4.69, 9.17) is 9.15 Å². The molecule has 144 valence electrons. The molecule has 2 N–H and O–H groups in total. The maximum Gasteiger partial charge on any atom is 0.233 e. The third kappa shape index (κ3) is 3.33. The fourth-order valence-corrected chi connectivity index (χ4v) is 4.17. The molecule has 2 aliphatic rings. The summed E-state index contributed by atoms with van der Waals surface area (Å²) < 4.78 is 11.5. The van der Waals surface area contributed by atoms with Gasteiger partial charge in [-0.15, -0.1) is 10.2 Å². The van der Waals surface area contributed by atoms with Gasteiger partial charge in [0.25, 0.3) is 0 Å². The molecule has 2 saturated heterocycles. The molecule has 7 heteroatoms. The van der Waals surface area contributed by atoms with Gasteiger partial charge >= 0.3 is 0 Å². The number of aromatic hydroxyl groups is 1. The van der Waals surface area contributed by atoms with Crippen molar-refractivity contribution >= 4 is 0 Å². The first-order chi connectivity index (χ1) is 13.6. The van der Waals surface area contributed by atoms with Crippen molar-refractivity contribution in [2.24, 2.45) is 0 Å². The molecule has 7 nitrogen and oxygen atoms in total. The molecule has 2 unspecified atom stereocenters. The first kappa shape index (κ1) is 17.2. The summed E-state index contributed by atoms with van der Waals surface area (Å²) in [6.45, 7) is 1.83. The van der Waals surface area contributed by atoms with Crippen LogP contribution in [0.3, 0.4) is 0 Å². The number of hydrogen-bond donors (Lipinski definition) is 2. The Hall–Kier alpha value is -2.93. The summed E-state index contributed by atoms with van der Waals surface area (Å²) >= 11 is 0. The number of aryl methyl sites for hydroxylation is 1. The van der Waals surface area contributed by atoms with Crippen molar-refractivity contribution < 1.29 is 14.3 Å². The van der Waals surface area contributed by atoms with E-state index >= 15 is 0 Å². The second kappa shape index (κ2) is 6.91. The van der Waals surface area contributed by atoms with E-state index in [2.05, 4.69) is 20.5 Å². The lowest BCUT2D eigenvalue weighted by Crippen LogP contribution is -2.42. The van der Waals surface area contributed by atoms with Crippen molar-refractivity contribution in [3.63, 3.8) is 0 Å². The maximum absolute atomic E-state index is 10.4. The number of ether oxygens (including phenoxy) is 1. The maximum atomic E-state index is 10.4. The molecule has 2 atom stereocenters. The van der Waals surface area contributed by atoms with Gasteiger partial charge in [0.05, 0.1) is 11.9 Å². The lowest BCUT2D eigenvalue weighted by atomic mass is 10.0. The van der Waals surface area contributed by atoms with Gasteiger partial charge in [0.15, 0.2) is 0 Å². The van der Waals surface area contributed by atoms with Crippen LogP contribution in [-0.2, 0) is 0 Å². The summed E-state index contributed by atoms with van der Waals surface area (Å²) in [5, 5.41) is 22.5. The number of hydrogen-bond acceptors (Lipinski definition) is 7. The molecule has 0 aliphatic carbocycles. The molecule has 0 spiro atoms. The van der Waals surface area contributed by atoms with E-state index in [-0.39, 0.29) is 11.9 Å². The third-order valence-electron chi connectivity index (χ3n) is 5.50. The van der Waals surface area contributed by atoms with E-state index in [0.29, 0.717) is 40.7 Å². The van der Waals surface area contributed by atoms with Gasteiger partial charge in [0.1, 0.15) is 17.6 Å². The van der Waals surface area contributed by atoms with E-state index in [1.54, 1.807) is 18.3 Å². The molecule has 5 rings (SSSR count). The standard InChI is InChI=1S/C21H22N4O3/c1-12-11-22-21(27-12)13-2-5-17(19(26)8-13)18-6-7-20(25-24-18)28-16-9-14-3-4-15(10-16)23-14/h2,5-8,11,14-16,23,26H,3-4,9-10H2,1H3. The SMILES string of the molecule is Cc1cnc(-c2ccc(-c3ccc(OC4CC5CCC(C4)N5)nn3)c(O)c2)o1. The number of rotatable bonds is 4. The predicted molar refractivity (Wildman–Crippen MR) is 103 cm³/mol. The van der Waals surface area contributed by atoms with Gasteiger partial charge in [-0.25, -0.2) is 4.98 Å². The van der Waals surface area contributed by atoms with Gasteiger partial charge in [-0.2, -0.15) is 0 Å². The highest BCUT2D eigenvalue weighted by molar-refractivity contribution is 5.71. The molecular formula is C21H22N4O3. The van der Waals surface area contributed by atoms with Gasteiger partial charge in [-0.1, -0.05) is 0 Å². The first-order valence-electron chi connectivity index (χ1n) is 9.66. The van der Waals surface area contributed by atoms with Gasteiger partial charge in [0, 0.05) is 29.3 Å². The van der Waals surface area contributed by atoms with Crippen molar-refractivity contribution in [2.75, 3.05) is 0 Å². The number of aromatic nitrogens is 3. The van der Waals surface area contributed by atoms with Crippen LogP contribution in [0.15, 0.2) is 40.9 Å². The van der Waals surface area contributed by atoms with E-state index in [0.717, 1.165) is 18.6 Å². The Labute approximate surface area is 162 Å². The van der Waals surface area contributed by atoms with Gasteiger partial charge in [-0.3, -0.25) is 0 Å². The molecule has 0 amide bonds. The number of nitrogens with one attached hydrogen (secondary N) is 1. The van der Waals surface area contributed by atoms with Crippen LogP contribution in [0.4, 0.5) is 0 Å². The fraction of sp³-hybridized carbons (Fsp3) is 0.381. The summed E-state index contributed by atoms with van der Waals surface area (Å²) in [4.78, 5) is 4.18. The minimum atomic E-state index is 0.103. The monoisotopic (exact) mass is 378 g/mol. The molecule has 2 bridgehead atoms.